The molecule has 0 spiro atoms. The summed E-state index contributed by atoms with van der Waals surface area (Å²) in [7, 11) is 0. The van der Waals surface area contributed by atoms with Crippen LogP contribution in [0.2, 0.25) is 0 Å². The molecule has 124 valence electrons. The van der Waals surface area contributed by atoms with Crippen LogP contribution in [-0.2, 0) is 0 Å². The summed E-state index contributed by atoms with van der Waals surface area (Å²) < 4.78 is 0. The Hall–Kier alpha value is -2.37. The Labute approximate surface area is 150 Å². The summed E-state index contributed by atoms with van der Waals surface area (Å²) in [5.74, 6) is -0.941. The summed E-state index contributed by atoms with van der Waals surface area (Å²) in [5.41, 5.74) is 5.45. The Balaban J connectivity index is 0.00000208. The molecule has 3 aromatic rings. The highest BCUT2D eigenvalue weighted by atomic mass is 35.5. The van der Waals surface area contributed by atoms with Crippen LogP contribution >= 0.6 is 23.7 Å². The van der Waals surface area contributed by atoms with Gasteiger partial charge in [-0.15, -0.1) is 23.7 Å². The number of nitrogens with one attached hydrogen (secondary N) is 1. The maximum absolute atomic E-state index is 11.0. The van der Waals surface area contributed by atoms with Crippen molar-refractivity contribution < 1.29 is 9.90 Å². The zero-order chi connectivity index (χ0) is 16.4. The summed E-state index contributed by atoms with van der Waals surface area (Å²) in [6, 6.07) is 13.0. The van der Waals surface area contributed by atoms with E-state index in [1.807, 2.05) is 11.4 Å². The second-order valence-corrected chi connectivity index (χ2v) is 6.21. The Bertz CT molecular complexity index is 877. The van der Waals surface area contributed by atoms with Gasteiger partial charge in [-0.2, -0.15) is 0 Å². The van der Waals surface area contributed by atoms with Crippen LogP contribution in [0, 0.1) is 13.8 Å². The van der Waals surface area contributed by atoms with Crippen molar-refractivity contribution in [1.82, 2.24) is 4.98 Å². The van der Waals surface area contributed by atoms with E-state index in [0.717, 1.165) is 16.4 Å². The van der Waals surface area contributed by atoms with Crippen LogP contribution in [0.3, 0.4) is 0 Å². The first kappa shape index (κ1) is 18.0. The molecule has 2 N–H and O–H groups in total. The molecule has 3 rings (SSSR count). The van der Waals surface area contributed by atoms with E-state index in [1.54, 1.807) is 18.2 Å². The molecule has 0 aliphatic rings. The maximum Gasteiger partial charge on any atom is 0.335 e. The first-order chi connectivity index (χ1) is 11.0. The molecule has 4 nitrogen and oxygen atoms in total. The van der Waals surface area contributed by atoms with Crippen molar-refractivity contribution in [3.8, 4) is 11.3 Å². The Kier molecular flexibility index (Phi) is 5.59. The standard InChI is InChI=1S/C18H16N2O2S.ClH/c1-11-6-7-13(8-12(11)2)16-10-23-18(20-16)19-15-5-3-4-14(9-15)17(21)22;/h3-10H,1-2H3,(H,19,20)(H,21,22);1H. The lowest BCUT2D eigenvalue weighted by Gasteiger charge is -2.04. The van der Waals surface area contributed by atoms with Gasteiger partial charge in [0.1, 0.15) is 0 Å². The predicted octanol–water partition coefficient (Wildman–Crippen LogP) is 5.29. The van der Waals surface area contributed by atoms with Crippen LogP contribution in [0.25, 0.3) is 11.3 Å². The molecule has 0 aliphatic heterocycles. The SMILES string of the molecule is Cc1ccc(-c2csc(Nc3cccc(C(=O)O)c3)n2)cc1C.Cl. The lowest BCUT2D eigenvalue weighted by molar-refractivity contribution is 0.0697. The number of nitrogens with zero attached hydrogens (tertiary/aromatic N) is 1. The smallest absolute Gasteiger partial charge is 0.335 e. The van der Waals surface area contributed by atoms with Crippen molar-refractivity contribution in [2.75, 3.05) is 5.32 Å². The maximum atomic E-state index is 11.0. The third-order valence-corrected chi connectivity index (χ3v) is 4.43. The molecular formula is C18H17ClN2O2S. The number of carboxylic acids is 1. The van der Waals surface area contributed by atoms with Crippen LogP contribution in [-0.4, -0.2) is 16.1 Å². The molecule has 0 saturated heterocycles. The van der Waals surface area contributed by atoms with Crippen molar-refractivity contribution in [2.45, 2.75) is 13.8 Å². The second-order valence-electron chi connectivity index (χ2n) is 5.35. The number of thiazole rings is 1. The summed E-state index contributed by atoms with van der Waals surface area (Å²) >= 11 is 1.49. The molecule has 0 atom stereocenters. The Morgan fingerprint density at radius 3 is 2.62 bits per heavy atom. The van der Waals surface area contributed by atoms with E-state index in [2.05, 4.69) is 42.3 Å². The molecule has 0 radical (unpaired) electrons. The van der Waals surface area contributed by atoms with Gasteiger partial charge in [-0.1, -0.05) is 18.2 Å². The first-order valence-electron chi connectivity index (χ1n) is 7.16. The van der Waals surface area contributed by atoms with Gasteiger partial charge in [0.25, 0.3) is 0 Å². The fourth-order valence-corrected chi connectivity index (χ4v) is 2.96. The number of hydrogen-bond donors (Lipinski definition) is 2. The van der Waals surface area contributed by atoms with Crippen LogP contribution < -0.4 is 5.32 Å². The minimum Gasteiger partial charge on any atom is -0.478 e. The number of carboxylic acid groups (broad SMARTS) is 1. The number of aromatic nitrogens is 1. The van der Waals surface area contributed by atoms with Crippen molar-refractivity contribution in [3.05, 3.63) is 64.5 Å². The van der Waals surface area contributed by atoms with E-state index in [9.17, 15) is 4.79 Å². The van der Waals surface area contributed by atoms with Crippen molar-refractivity contribution in [2.24, 2.45) is 0 Å². The average Bonchev–Trinajstić information content (AvgIpc) is 2.99. The molecule has 0 bridgehead atoms. The quantitative estimate of drug-likeness (QED) is 0.663. The number of anilines is 2. The Morgan fingerprint density at radius 2 is 1.92 bits per heavy atom. The first-order valence-corrected chi connectivity index (χ1v) is 8.04. The minimum absolute atomic E-state index is 0. The fourth-order valence-electron chi connectivity index (χ4n) is 2.22. The van der Waals surface area contributed by atoms with E-state index < -0.39 is 5.97 Å². The third-order valence-electron chi connectivity index (χ3n) is 3.67. The lowest BCUT2D eigenvalue weighted by Crippen LogP contribution is -1.97. The number of carbonyl (C=O) groups is 1. The van der Waals surface area contributed by atoms with E-state index in [0.29, 0.717) is 5.69 Å². The third kappa shape index (κ3) is 3.93. The lowest BCUT2D eigenvalue weighted by atomic mass is 10.1. The van der Waals surface area contributed by atoms with Gasteiger partial charge in [0.15, 0.2) is 5.13 Å². The van der Waals surface area contributed by atoms with E-state index >= 15 is 0 Å². The second kappa shape index (κ2) is 7.47. The van der Waals surface area contributed by atoms with Crippen LogP contribution in [0.1, 0.15) is 21.5 Å². The molecule has 2 aromatic carbocycles. The number of benzene rings is 2. The van der Waals surface area contributed by atoms with Gasteiger partial charge in [-0.25, -0.2) is 9.78 Å². The zero-order valence-corrected chi connectivity index (χ0v) is 14.9. The van der Waals surface area contributed by atoms with Crippen molar-refractivity contribution >= 4 is 40.5 Å². The number of rotatable bonds is 4. The fraction of sp³-hybridized carbons (Fsp3) is 0.111. The van der Waals surface area contributed by atoms with Gasteiger partial charge in [-0.3, -0.25) is 0 Å². The molecule has 1 aromatic heterocycles. The van der Waals surface area contributed by atoms with E-state index in [-0.39, 0.29) is 18.0 Å². The topological polar surface area (TPSA) is 62.2 Å². The molecule has 0 aliphatic carbocycles. The largest absolute Gasteiger partial charge is 0.478 e. The minimum atomic E-state index is -0.941. The summed E-state index contributed by atoms with van der Waals surface area (Å²) in [6.07, 6.45) is 0. The molecular weight excluding hydrogens is 344 g/mol. The summed E-state index contributed by atoms with van der Waals surface area (Å²) in [6.45, 7) is 4.17. The highest BCUT2D eigenvalue weighted by molar-refractivity contribution is 7.14. The van der Waals surface area contributed by atoms with Crippen LogP contribution in [0.15, 0.2) is 47.8 Å². The van der Waals surface area contributed by atoms with Gasteiger partial charge in [0.05, 0.1) is 11.3 Å². The summed E-state index contributed by atoms with van der Waals surface area (Å²) in [5, 5.41) is 14.9. The van der Waals surface area contributed by atoms with Crippen molar-refractivity contribution in [3.63, 3.8) is 0 Å². The summed E-state index contributed by atoms with van der Waals surface area (Å²) in [4.78, 5) is 15.6. The van der Waals surface area contributed by atoms with Crippen LogP contribution in [0.5, 0.6) is 0 Å². The van der Waals surface area contributed by atoms with Crippen molar-refractivity contribution in [1.29, 1.82) is 0 Å². The average molecular weight is 361 g/mol. The van der Waals surface area contributed by atoms with Gasteiger partial charge in [-0.05, 0) is 49.2 Å². The van der Waals surface area contributed by atoms with E-state index in [4.69, 9.17) is 5.11 Å². The number of aromatic carboxylic acids is 1. The molecule has 1 heterocycles. The zero-order valence-electron chi connectivity index (χ0n) is 13.2. The molecule has 24 heavy (non-hydrogen) atoms. The predicted molar refractivity (Wildman–Crippen MR) is 101 cm³/mol. The number of halogens is 1. The normalized spacial score (nSPS) is 10.1. The van der Waals surface area contributed by atoms with Gasteiger partial charge in [0, 0.05) is 16.6 Å². The highest BCUT2D eigenvalue weighted by Gasteiger charge is 2.08. The van der Waals surface area contributed by atoms with E-state index in [1.165, 1.54) is 22.5 Å². The van der Waals surface area contributed by atoms with Gasteiger partial charge < -0.3 is 10.4 Å². The number of hydrogen-bond acceptors (Lipinski definition) is 4. The molecule has 0 fully saturated rings. The monoisotopic (exact) mass is 360 g/mol. The highest BCUT2D eigenvalue weighted by Crippen LogP contribution is 2.28. The van der Waals surface area contributed by atoms with Gasteiger partial charge >= 0.3 is 5.97 Å². The Morgan fingerprint density at radius 1 is 1.12 bits per heavy atom. The van der Waals surface area contributed by atoms with Crippen LogP contribution in [0.4, 0.5) is 10.8 Å². The van der Waals surface area contributed by atoms with Gasteiger partial charge in [0.2, 0.25) is 0 Å². The number of aryl methyl sites for hydroxylation is 2. The molecule has 0 saturated carbocycles. The molecule has 0 unspecified atom stereocenters. The molecule has 6 heteroatoms. The molecule has 0 amide bonds.